The van der Waals surface area contributed by atoms with Crippen molar-refractivity contribution in [2.45, 2.75) is 12.1 Å². The van der Waals surface area contributed by atoms with E-state index in [0.29, 0.717) is 17.8 Å². The lowest BCUT2D eigenvalue weighted by Gasteiger charge is -2.18. The van der Waals surface area contributed by atoms with E-state index < -0.39 is 30.2 Å². The van der Waals surface area contributed by atoms with Crippen molar-refractivity contribution in [2.24, 2.45) is 5.18 Å². The Balaban J connectivity index is 2.48. The molecule has 0 aliphatic carbocycles. The molecule has 24 heavy (non-hydrogen) atoms. The molecule has 0 bridgehead atoms. The van der Waals surface area contributed by atoms with Gasteiger partial charge in [-0.1, -0.05) is 41.9 Å². The lowest BCUT2D eigenvalue weighted by atomic mass is 9.94. The normalized spacial score (nSPS) is 12.5. The zero-order valence-electron chi connectivity index (χ0n) is 12.0. The summed E-state index contributed by atoms with van der Waals surface area (Å²) in [6.45, 7) is -0.472. The van der Waals surface area contributed by atoms with Crippen molar-refractivity contribution in [1.29, 1.82) is 0 Å². The molecule has 2 aromatic rings. The Bertz CT molecular complexity index is 738. The van der Waals surface area contributed by atoms with E-state index in [1.54, 1.807) is 30.3 Å². The topological polar surface area (TPSA) is 71.4 Å². The van der Waals surface area contributed by atoms with Crippen LogP contribution in [0.5, 0.6) is 0 Å². The zero-order valence-corrected chi connectivity index (χ0v) is 12.8. The minimum absolute atomic E-state index is 0.0423. The number of alkyl halides is 3. The van der Waals surface area contributed by atoms with Crippen molar-refractivity contribution in [3.05, 3.63) is 69.3 Å². The molecule has 0 fully saturated rings. The number of hydrogen-bond acceptors (Lipinski definition) is 4. The van der Waals surface area contributed by atoms with Crippen LogP contribution in [0.15, 0.2) is 47.8 Å². The SMILES string of the molecule is O=NCNC(=O)C(c1ccccc1)c1ncc(C(F)(F)F)cc1Cl. The Morgan fingerprint density at radius 3 is 2.50 bits per heavy atom. The fourth-order valence-corrected chi connectivity index (χ4v) is 2.38. The van der Waals surface area contributed by atoms with Crippen LogP contribution in [0, 0.1) is 4.91 Å². The van der Waals surface area contributed by atoms with Gasteiger partial charge in [-0.2, -0.15) is 13.2 Å². The predicted octanol–water partition coefficient (Wildman–Crippen LogP) is 3.73. The first kappa shape index (κ1) is 17.9. The monoisotopic (exact) mass is 357 g/mol. The number of aromatic nitrogens is 1. The molecule has 1 N–H and O–H groups in total. The van der Waals surface area contributed by atoms with Gasteiger partial charge >= 0.3 is 6.18 Å². The second-order valence-corrected chi connectivity index (χ2v) is 5.17. The molecule has 0 spiro atoms. The first-order valence-corrected chi connectivity index (χ1v) is 7.06. The van der Waals surface area contributed by atoms with Crippen LogP contribution in [0.4, 0.5) is 13.2 Å². The molecule has 0 aliphatic rings. The maximum atomic E-state index is 12.7. The number of carbonyl (C=O) groups is 1. The second-order valence-electron chi connectivity index (χ2n) is 4.76. The number of nitrogens with one attached hydrogen (secondary N) is 1. The smallest absolute Gasteiger partial charge is 0.333 e. The Hall–Kier alpha value is -2.48. The van der Waals surface area contributed by atoms with Gasteiger partial charge in [0.1, 0.15) is 5.92 Å². The first-order valence-electron chi connectivity index (χ1n) is 6.69. The molecule has 2 rings (SSSR count). The lowest BCUT2D eigenvalue weighted by molar-refractivity contribution is -0.137. The number of hydrogen-bond donors (Lipinski definition) is 1. The van der Waals surface area contributed by atoms with Crippen molar-refractivity contribution >= 4 is 17.5 Å². The molecule has 1 aromatic carbocycles. The third-order valence-corrected chi connectivity index (χ3v) is 3.49. The molecule has 5 nitrogen and oxygen atoms in total. The van der Waals surface area contributed by atoms with Crippen molar-refractivity contribution in [3.63, 3.8) is 0 Å². The maximum Gasteiger partial charge on any atom is 0.417 e. The summed E-state index contributed by atoms with van der Waals surface area (Å²) >= 11 is 5.93. The summed E-state index contributed by atoms with van der Waals surface area (Å²) < 4.78 is 38.2. The summed E-state index contributed by atoms with van der Waals surface area (Å²) in [5, 5.41) is 4.49. The molecular formula is C15H11ClF3N3O2. The summed E-state index contributed by atoms with van der Waals surface area (Å²) in [7, 11) is 0. The van der Waals surface area contributed by atoms with Gasteiger partial charge in [0.15, 0.2) is 6.67 Å². The standard InChI is InChI=1S/C15H11ClF3N3O2/c16-11-6-10(15(17,18)19)7-20-13(11)12(14(23)21-8-22-24)9-4-2-1-3-5-9/h1-7,12H,8H2,(H,21,23). The third-order valence-electron chi connectivity index (χ3n) is 3.18. The first-order chi connectivity index (χ1) is 11.3. The summed E-state index contributed by atoms with van der Waals surface area (Å²) in [5.74, 6) is -1.71. The van der Waals surface area contributed by atoms with Gasteiger partial charge in [-0.25, -0.2) is 0 Å². The molecular weight excluding hydrogens is 347 g/mol. The quantitative estimate of drug-likeness (QED) is 0.829. The van der Waals surface area contributed by atoms with Crippen LogP contribution in [0.2, 0.25) is 5.02 Å². The van der Waals surface area contributed by atoms with Crippen LogP contribution in [-0.2, 0) is 11.0 Å². The molecule has 1 amide bonds. The van der Waals surface area contributed by atoms with E-state index in [2.05, 4.69) is 15.5 Å². The molecule has 1 unspecified atom stereocenters. The molecule has 9 heteroatoms. The van der Waals surface area contributed by atoms with Gasteiger partial charge in [0, 0.05) is 6.20 Å². The van der Waals surface area contributed by atoms with Gasteiger partial charge in [0.25, 0.3) is 0 Å². The van der Waals surface area contributed by atoms with Gasteiger partial charge in [-0.05, 0) is 16.8 Å². The third kappa shape index (κ3) is 4.08. The number of halogens is 4. The number of nitroso groups, excluding NO2 is 1. The van der Waals surface area contributed by atoms with Gasteiger partial charge in [0.2, 0.25) is 5.91 Å². The number of rotatable bonds is 5. The average Bonchev–Trinajstić information content (AvgIpc) is 2.54. The molecule has 0 saturated heterocycles. The molecule has 0 saturated carbocycles. The maximum absolute atomic E-state index is 12.7. The average molecular weight is 358 g/mol. The fourth-order valence-electron chi connectivity index (χ4n) is 2.11. The predicted molar refractivity (Wildman–Crippen MR) is 81.3 cm³/mol. The van der Waals surface area contributed by atoms with Crippen LogP contribution in [0.1, 0.15) is 22.7 Å². The summed E-state index contributed by atoms with van der Waals surface area (Å²) in [5.41, 5.74) is -0.590. The highest BCUT2D eigenvalue weighted by Gasteiger charge is 2.33. The van der Waals surface area contributed by atoms with E-state index in [4.69, 9.17) is 11.6 Å². The van der Waals surface area contributed by atoms with Crippen LogP contribution in [-0.4, -0.2) is 17.6 Å². The van der Waals surface area contributed by atoms with E-state index >= 15 is 0 Å². The van der Waals surface area contributed by atoms with Crippen molar-refractivity contribution in [1.82, 2.24) is 10.3 Å². The fraction of sp³-hybridized carbons (Fsp3) is 0.200. The van der Waals surface area contributed by atoms with Crippen molar-refractivity contribution < 1.29 is 18.0 Å². The minimum Gasteiger partial charge on any atom is -0.333 e. The number of pyridine rings is 1. The number of carbonyl (C=O) groups excluding carboxylic acids is 1. The second kappa shape index (κ2) is 7.39. The Morgan fingerprint density at radius 2 is 1.96 bits per heavy atom. The molecule has 126 valence electrons. The van der Waals surface area contributed by atoms with Crippen molar-refractivity contribution in [2.75, 3.05) is 6.67 Å². The van der Waals surface area contributed by atoms with Crippen LogP contribution >= 0.6 is 11.6 Å². The van der Waals surface area contributed by atoms with E-state index in [9.17, 15) is 22.9 Å². The summed E-state index contributed by atoms with van der Waals surface area (Å²) in [6, 6.07) is 8.96. The van der Waals surface area contributed by atoms with E-state index in [-0.39, 0.29) is 10.7 Å². The van der Waals surface area contributed by atoms with Gasteiger partial charge in [0.05, 0.1) is 16.3 Å². The van der Waals surface area contributed by atoms with E-state index in [1.807, 2.05) is 0 Å². The van der Waals surface area contributed by atoms with E-state index in [0.717, 1.165) is 0 Å². The minimum atomic E-state index is -4.60. The molecule has 1 aromatic heterocycles. The van der Waals surface area contributed by atoms with Gasteiger partial charge in [-0.3, -0.25) is 9.78 Å². The molecule has 1 heterocycles. The largest absolute Gasteiger partial charge is 0.417 e. The van der Waals surface area contributed by atoms with Crippen LogP contribution < -0.4 is 5.32 Å². The highest BCUT2D eigenvalue weighted by atomic mass is 35.5. The Kier molecular flexibility index (Phi) is 5.50. The highest BCUT2D eigenvalue weighted by Crippen LogP contribution is 2.34. The summed E-state index contributed by atoms with van der Waals surface area (Å²) in [6.07, 6.45) is -3.98. The zero-order chi connectivity index (χ0) is 17.7. The highest BCUT2D eigenvalue weighted by molar-refractivity contribution is 6.31. The Morgan fingerprint density at radius 1 is 1.29 bits per heavy atom. The van der Waals surface area contributed by atoms with E-state index in [1.165, 1.54) is 0 Å². The van der Waals surface area contributed by atoms with Crippen molar-refractivity contribution in [3.8, 4) is 0 Å². The Labute approximate surface area is 139 Å². The lowest BCUT2D eigenvalue weighted by Crippen LogP contribution is -2.30. The van der Waals surface area contributed by atoms with Gasteiger partial charge in [-0.15, -0.1) is 4.91 Å². The summed E-state index contributed by atoms with van der Waals surface area (Å²) in [4.78, 5) is 26.2. The number of amides is 1. The number of nitrogens with zero attached hydrogens (tertiary/aromatic N) is 2. The number of benzene rings is 1. The van der Waals surface area contributed by atoms with Crippen LogP contribution in [0.3, 0.4) is 0 Å². The molecule has 0 aliphatic heterocycles. The molecule has 0 radical (unpaired) electrons. The molecule has 1 atom stereocenters. The van der Waals surface area contributed by atoms with Gasteiger partial charge < -0.3 is 5.32 Å². The van der Waals surface area contributed by atoms with Crippen LogP contribution in [0.25, 0.3) is 0 Å².